The van der Waals surface area contributed by atoms with Crippen LogP contribution in [-0.4, -0.2) is 4.98 Å². The van der Waals surface area contributed by atoms with Gasteiger partial charge in [0.2, 0.25) is 0 Å². The van der Waals surface area contributed by atoms with E-state index in [1.807, 2.05) is 6.07 Å². The van der Waals surface area contributed by atoms with Crippen LogP contribution >= 0.6 is 23.2 Å². The van der Waals surface area contributed by atoms with Gasteiger partial charge < -0.3 is 0 Å². The molecule has 0 atom stereocenters. The number of aromatic nitrogens is 1. The van der Waals surface area contributed by atoms with Gasteiger partial charge in [0, 0.05) is 6.08 Å². The van der Waals surface area contributed by atoms with Gasteiger partial charge in [0.15, 0.2) is 0 Å². The minimum absolute atomic E-state index is 0.320. The molecular formula is C8H4Cl2N2. The summed E-state index contributed by atoms with van der Waals surface area (Å²) in [6, 6.07) is 5.12. The van der Waals surface area contributed by atoms with Crippen LogP contribution in [0.1, 0.15) is 5.56 Å². The van der Waals surface area contributed by atoms with Gasteiger partial charge in [0.1, 0.15) is 10.3 Å². The van der Waals surface area contributed by atoms with E-state index >= 15 is 0 Å². The summed E-state index contributed by atoms with van der Waals surface area (Å²) < 4.78 is 0. The van der Waals surface area contributed by atoms with Crippen LogP contribution < -0.4 is 0 Å². The van der Waals surface area contributed by atoms with Gasteiger partial charge in [-0.05, 0) is 23.8 Å². The summed E-state index contributed by atoms with van der Waals surface area (Å²) in [7, 11) is 0. The first-order chi connectivity index (χ1) is 5.72. The summed E-state index contributed by atoms with van der Waals surface area (Å²) in [5.74, 6) is 0. The smallest absolute Gasteiger partial charge is 0.131 e. The number of halogens is 2. The van der Waals surface area contributed by atoms with Crippen LogP contribution in [0, 0.1) is 11.3 Å². The van der Waals surface area contributed by atoms with E-state index in [1.165, 1.54) is 6.08 Å². The lowest BCUT2D eigenvalue weighted by Crippen LogP contribution is -1.78. The van der Waals surface area contributed by atoms with Crippen LogP contribution in [0.3, 0.4) is 0 Å². The molecule has 1 aromatic heterocycles. The molecule has 0 aliphatic heterocycles. The van der Waals surface area contributed by atoms with E-state index in [0.717, 1.165) is 5.56 Å². The van der Waals surface area contributed by atoms with Crippen molar-refractivity contribution >= 4 is 29.3 Å². The Bertz CT molecular complexity index is 332. The first-order valence-corrected chi connectivity index (χ1v) is 3.87. The molecule has 1 heterocycles. The molecule has 0 unspecified atom stereocenters. The van der Waals surface area contributed by atoms with E-state index in [1.54, 1.807) is 18.2 Å². The fraction of sp³-hybridized carbons (Fsp3) is 0. The van der Waals surface area contributed by atoms with Crippen molar-refractivity contribution in [1.82, 2.24) is 4.98 Å². The number of allylic oxidation sites excluding steroid dienone is 1. The molecule has 0 bridgehead atoms. The SMILES string of the molecule is N#CC=Cc1cc(Cl)nc(Cl)c1. The van der Waals surface area contributed by atoms with Crippen LogP contribution in [-0.2, 0) is 0 Å². The molecule has 60 valence electrons. The minimum Gasteiger partial charge on any atom is -0.224 e. The van der Waals surface area contributed by atoms with Gasteiger partial charge in [-0.3, -0.25) is 0 Å². The Hall–Kier alpha value is -1.04. The maximum absolute atomic E-state index is 8.25. The van der Waals surface area contributed by atoms with Crippen LogP contribution in [0.15, 0.2) is 18.2 Å². The third-order valence-corrected chi connectivity index (χ3v) is 1.52. The lowest BCUT2D eigenvalue weighted by molar-refractivity contribution is 1.32. The number of pyridine rings is 1. The molecule has 0 aromatic carbocycles. The minimum atomic E-state index is 0.320. The second kappa shape index (κ2) is 4.10. The quantitative estimate of drug-likeness (QED) is 0.514. The predicted molar refractivity (Wildman–Crippen MR) is 48.9 cm³/mol. The van der Waals surface area contributed by atoms with Crippen molar-refractivity contribution < 1.29 is 0 Å². The highest BCUT2D eigenvalue weighted by Crippen LogP contribution is 2.15. The summed E-state index contributed by atoms with van der Waals surface area (Å²) in [4.78, 5) is 3.76. The Balaban J connectivity index is 3.03. The highest BCUT2D eigenvalue weighted by atomic mass is 35.5. The van der Waals surface area contributed by atoms with Crippen molar-refractivity contribution in [3.8, 4) is 6.07 Å². The molecule has 2 nitrogen and oxygen atoms in total. The molecular weight excluding hydrogens is 195 g/mol. The zero-order valence-corrected chi connectivity index (χ0v) is 7.47. The van der Waals surface area contributed by atoms with Crippen LogP contribution in [0.25, 0.3) is 6.08 Å². The first-order valence-electron chi connectivity index (χ1n) is 3.11. The molecule has 0 saturated heterocycles. The lowest BCUT2D eigenvalue weighted by Gasteiger charge is -1.94. The van der Waals surface area contributed by atoms with Gasteiger partial charge in [-0.15, -0.1) is 0 Å². The number of nitrogens with zero attached hydrogens (tertiary/aromatic N) is 2. The number of hydrogen-bond acceptors (Lipinski definition) is 2. The second-order valence-electron chi connectivity index (χ2n) is 2.01. The van der Waals surface area contributed by atoms with Crippen molar-refractivity contribution in [2.45, 2.75) is 0 Å². The zero-order valence-electron chi connectivity index (χ0n) is 5.96. The summed E-state index contributed by atoms with van der Waals surface area (Å²) in [6.07, 6.45) is 2.96. The molecule has 1 aromatic rings. The highest BCUT2D eigenvalue weighted by molar-refractivity contribution is 6.32. The molecule has 0 saturated carbocycles. The van der Waals surface area contributed by atoms with Gasteiger partial charge in [0.25, 0.3) is 0 Å². The number of nitriles is 1. The Kier molecular flexibility index (Phi) is 3.09. The van der Waals surface area contributed by atoms with Gasteiger partial charge in [-0.1, -0.05) is 23.2 Å². The maximum atomic E-state index is 8.25. The van der Waals surface area contributed by atoms with Gasteiger partial charge in [0.05, 0.1) is 6.07 Å². The first kappa shape index (κ1) is 9.05. The molecule has 0 radical (unpaired) electrons. The summed E-state index contributed by atoms with van der Waals surface area (Å²) >= 11 is 11.2. The number of rotatable bonds is 1. The van der Waals surface area contributed by atoms with Crippen LogP contribution in [0.2, 0.25) is 10.3 Å². The van der Waals surface area contributed by atoms with Crippen molar-refractivity contribution in [2.24, 2.45) is 0 Å². The normalized spacial score (nSPS) is 10.1. The molecule has 0 aliphatic carbocycles. The van der Waals surface area contributed by atoms with Crippen LogP contribution in [0.5, 0.6) is 0 Å². The summed E-state index contributed by atoms with van der Waals surface area (Å²) in [5, 5.41) is 8.89. The molecule has 0 N–H and O–H groups in total. The topological polar surface area (TPSA) is 36.7 Å². The average Bonchev–Trinajstić information content (AvgIpc) is 1.99. The Morgan fingerprint density at radius 1 is 1.33 bits per heavy atom. The average molecular weight is 199 g/mol. The van der Waals surface area contributed by atoms with Gasteiger partial charge >= 0.3 is 0 Å². The van der Waals surface area contributed by atoms with Crippen molar-refractivity contribution in [3.05, 3.63) is 34.1 Å². The summed E-state index contributed by atoms with van der Waals surface area (Å²) in [5.41, 5.74) is 0.765. The maximum Gasteiger partial charge on any atom is 0.131 e. The van der Waals surface area contributed by atoms with E-state index in [4.69, 9.17) is 28.5 Å². The number of hydrogen-bond donors (Lipinski definition) is 0. The molecule has 12 heavy (non-hydrogen) atoms. The Labute approximate surface area is 80.1 Å². The molecule has 1 rings (SSSR count). The largest absolute Gasteiger partial charge is 0.224 e. The van der Waals surface area contributed by atoms with Gasteiger partial charge in [-0.25, -0.2) is 4.98 Å². The fourth-order valence-electron chi connectivity index (χ4n) is 0.713. The van der Waals surface area contributed by atoms with Crippen LogP contribution in [0.4, 0.5) is 0 Å². The van der Waals surface area contributed by atoms with E-state index in [-0.39, 0.29) is 0 Å². The zero-order chi connectivity index (χ0) is 8.97. The summed E-state index contributed by atoms with van der Waals surface area (Å²) in [6.45, 7) is 0. The Morgan fingerprint density at radius 3 is 2.42 bits per heavy atom. The highest BCUT2D eigenvalue weighted by Gasteiger charge is 1.95. The third kappa shape index (κ3) is 2.54. The van der Waals surface area contributed by atoms with E-state index in [0.29, 0.717) is 10.3 Å². The van der Waals surface area contributed by atoms with E-state index < -0.39 is 0 Å². The molecule has 0 amide bonds. The van der Waals surface area contributed by atoms with Gasteiger partial charge in [-0.2, -0.15) is 5.26 Å². The van der Waals surface area contributed by atoms with Crippen molar-refractivity contribution in [3.63, 3.8) is 0 Å². The second-order valence-corrected chi connectivity index (χ2v) is 2.78. The molecule has 0 aliphatic rings. The Morgan fingerprint density at radius 2 is 1.92 bits per heavy atom. The van der Waals surface area contributed by atoms with E-state index in [9.17, 15) is 0 Å². The van der Waals surface area contributed by atoms with Crippen molar-refractivity contribution in [1.29, 1.82) is 5.26 Å². The van der Waals surface area contributed by atoms with Crippen molar-refractivity contribution in [2.75, 3.05) is 0 Å². The molecule has 0 spiro atoms. The predicted octanol–water partition coefficient (Wildman–Crippen LogP) is 2.93. The third-order valence-electron chi connectivity index (χ3n) is 1.14. The monoisotopic (exact) mass is 198 g/mol. The molecule has 4 heteroatoms. The fourth-order valence-corrected chi connectivity index (χ4v) is 1.19. The standard InChI is InChI=1S/C8H4Cl2N2/c9-7-4-6(2-1-3-11)5-8(10)12-7/h1-2,4-5H. The van der Waals surface area contributed by atoms with E-state index in [2.05, 4.69) is 4.98 Å². The molecule has 0 fully saturated rings. The lowest BCUT2D eigenvalue weighted by atomic mass is 10.2.